The lowest BCUT2D eigenvalue weighted by Gasteiger charge is -2.19. The van der Waals surface area contributed by atoms with Gasteiger partial charge in [-0.05, 0) is 48.7 Å². The first-order valence-corrected chi connectivity index (χ1v) is 6.18. The van der Waals surface area contributed by atoms with Crippen molar-refractivity contribution in [2.24, 2.45) is 5.84 Å². The predicted octanol–water partition coefficient (Wildman–Crippen LogP) is 3.16. The van der Waals surface area contributed by atoms with E-state index in [1.54, 1.807) is 13.0 Å². The van der Waals surface area contributed by atoms with Gasteiger partial charge in [0.2, 0.25) is 0 Å². The number of hydrogen-bond acceptors (Lipinski definition) is 2. The molecular formula is C15H15F3N2. The van der Waals surface area contributed by atoms with Gasteiger partial charge in [0.1, 0.15) is 17.5 Å². The zero-order chi connectivity index (χ0) is 14.7. The standard InChI is InChI=1S/C15H15F3N2/c1-9-7-10(16)5-6-11(9)15(20-19)8-12-13(17)3-2-4-14(12)18/h2-7,15,20H,8,19H2,1H3. The van der Waals surface area contributed by atoms with Crippen LogP contribution in [0.3, 0.4) is 0 Å². The molecule has 3 N–H and O–H groups in total. The fraction of sp³-hybridized carbons (Fsp3) is 0.200. The molecule has 20 heavy (non-hydrogen) atoms. The van der Waals surface area contributed by atoms with Crippen LogP contribution in [0.5, 0.6) is 0 Å². The summed E-state index contributed by atoms with van der Waals surface area (Å²) in [5.74, 6) is 3.87. The number of hydrogen-bond donors (Lipinski definition) is 2. The largest absolute Gasteiger partial charge is 0.271 e. The van der Waals surface area contributed by atoms with E-state index in [9.17, 15) is 13.2 Å². The molecule has 0 amide bonds. The first kappa shape index (κ1) is 14.6. The fourth-order valence-electron chi connectivity index (χ4n) is 2.22. The van der Waals surface area contributed by atoms with Crippen molar-refractivity contribution in [1.29, 1.82) is 0 Å². The van der Waals surface area contributed by atoms with Gasteiger partial charge in [0.15, 0.2) is 0 Å². The van der Waals surface area contributed by atoms with Crippen LogP contribution < -0.4 is 11.3 Å². The second-order valence-corrected chi connectivity index (χ2v) is 4.62. The van der Waals surface area contributed by atoms with E-state index in [-0.39, 0.29) is 17.8 Å². The molecule has 1 atom stereocenters. The maximum absolute atomic E-state index is 13.7. The Balaban J connectivity index is 2.34. The van der Waals surface area contributed by atoms with Gasteiger partial charge in [-0.25, -0.2) is 13.2 Å². The van der Waals surface area contributed by atoms with Crippen LogP contribution in [0.4, 0.5) is 13.2 Å². The molecule has 2 aromatic carbocycles. The molecule has 0 aliphatic heterocycles. The molecule has 0 fully saturated rings. The van der Waals surface area contributed by atoms with Crippen molar-refractivity contribution >= 4 is 0 Å². The molecule has 2 nitrogen and oxygen atoms in total. The molecule has 0 saturated heterocycles. The monoisotopic (exact) mass is 280 g/mol. The molecule has 0 heterocycles. The molecule has 1 unspecified atom stereocenters. The summed E-state index contributed by atoms with van der Waals surface area (Å²) in [6.07, 6.45) is 0.0431. The minimum absolute atomic E-state index is 0.0424. The molecule has 0 bridgehead atoms. The Morgan fingerprint density at radius 2 is 1.75 bits per heavy atom. The summed E-state index contributed by atoms with van der Waals surface area (Å²) in [5.41, 5.74) is 3.86. The fourth-order valence-corrected chi connectivity index (χ4v) is 2.22. The molecular weight excluding hydrogens is 265 g/mol. The molecule has 2 aromatic rings. The quantitative estimate of drug-likeness (QED) is 0.667. The summed E-state index contributed by atoms with van der Waals surface area (Å²) in [6.45, 7) is 1.72. The van der Waals surface area contributed by atoms with Crippen molar-refractivity contribution < 1.29 is 13.2 Å². The molecule has 0 aliphatic carbocycles. The highest BCUT2D eigenvalue weighted by Crippen LogP contribution is 2.24. The van der Waals surface area contributed by atoms with Crippen LogP contribution in [-0.2, 0) is 6.42 Å². The van der Waals surface area contributed by atoms with Crippen LogP contribution in [-0.4, -0.2) is 0 Å². The Bertz CT molecular complexity index is 594. The van der Waals surface area contributed by atoms with Crippen LogP contribution in [0.15, 0.2) is 36.4 Å². The van der Waals surface area contributed by atoms with Crippen LogP contribution in [0.25, 0.3) is 0 Å². The lowest BCUT2D eigenvalue weighted by Crippen LogP contribution is -2.30. The average molecular weight is 280 g/mol. The lowest BCUT2D eigenvalue weighted by molar-refractivity contribution is 0.497. The van der Waals surface area contributed by atoms with E-state index < -0.39 is 17.7 Å². The summed E-state index contributed by atoms with van der Waals surface area (Å²) in [7, 11) is 0. The van der Waals surface area contributed by atoms with Crippen LogP contribution in [0.2, 0.25) is 0 Å². The maximum atomic E-state index is 13.7. The van der Waals surface area contributed by atoms with E-state index in [1.807, 2.05) is 0 Å². The van der Waals surface area contributed by atoms with E-state index in [1.165, 1.54) is 30.3 Å². The van der Waals surface area contributed by atoms with Gasteiger partial charge in [-0.2, -0.15) is 0 Å². The highest BCUT2D eigenvalue weighted by molar-refractivity contribution is 5.32. The van der Waals surface area contributed by atoms with Crippen molar-refractivity contribution in [2.75, 3.05) is 0 Å². The second kappa shape index (κ2) is 6.07. The normalized spacial score (nSPS) is 12.4. The number of aryl methyl sites for hydroxylation is 1. The SMILES string of the molecule is Cc1cc(F)ccc1C(Cc1c(F)cccc1F)NN. The minimum Gasteiger partial charge on any atom is -0.271 e. The third-order valence-corrected chi connectivity index (χ3v) is 3.28. The van der Waals surface area contributed by atoms with Crippen molar-refractivity contribution in [1.82, 2.24) is 5.43 Å². The summed E-state index contributed by atoms with van der Waals surface area (Å²) >= 11 is 0. The zero-order valence-corrected chi connectivity index (χ0v) is 11.0. The molecule has 0 radical (unpaired) electrons. The van der Waals surface area contributed by atoms with Crippen LogP contribution in [0.1, 0.15) is 22.7 Å². The highest BCUT2D eigenvalue weighted by Gasteiger charge is 2.18. The maximum Gasteiger partial charge on any atom is 0.129 e. The van der Waals surface area contributed by atoms with Crippen molar-refractivity contribution in [3.8, 4) is 0 Å². The Labute approximate surface area is 115 Å². The third kappa shape index (κ3) is 3.00. The van der Waals surface area contributed by atoms with Gasteiger partial charge in [-0.1, -0.05) is 12.1 Å². The molecule has 0 saturated carbocycles. The Morgan fingerprint density at radius 3 is 2.30 bits per heavy atom. The van der Waals surface area contributed by atoms with Gasteiger partial charge < -0.3 is 0 Å². The zero-order valence-electron chi connectivity index (χ0n) is 11.0. The second-order valence-electron chi connectivity index (χ2n) is 4.62. The number of nitrogens with one attached hydrogen (secondary N) is 1. The Kier molecular flexibility index (Phi) is 4.42. The Hall–Kier alpha value is -1.85. The molecule has 2 rings (SSSR count). The smallest absolute Gasteiger partial charge is 0.129 e. The van der Waals surface area contributed by atoms with Gasteiger partial charge in [0.05, 0.1) is 6.04 Å². The molecule has 5 heteroatoms. The highest BCUT2D eigenvalue weighted by atomic mass is 19.1. The van der Waals surface area contributed by atoms with Crippen molar-refractivity contribution in [3.63, 3.8) is 0 Å². The molecule has 106 valence electrons. The number of hydrazine groups is 1. The summed E-state index contributed by atoms with van der Waals surface area (Å²) in [4.78, 5) is 0. The van der Waals surface area contributed by atoms with Gasteiger partial charge in [-0.3, -0.25) is 11.3 Å². The number of rotatable bonds is 4. The van der Waals surface area contributed by atoms with E-state index in [0.717, 1.165) is 0 Å². The number of benzene rings is 2. The first-order valence-electron chi connectivity index (χ1n) is 6.18. The average Bonchev–Trinajstić information content (AvgIpc) is 2.40. The number of halogens is 3. The molecule has 0 aromatic heterocycles. The van der Waals surface area contributed by atoms with Crippen molar-refractivity contribution in [3.05, 3.63) is 70.5 Å². The topological polar surface area (TPSA) is 38.0 Å². The van der Waals surface area contributed by atoms with Gasteiger partial charge >= 0.3 is 0 Å². The van der Waals surface area contributed by atoms with Crippen LogP contribution >= 0.6 is 0 Å². The van der Waals surface area contributed by atoms with Crippen LogP contribution in [0, 0.1) is 24.4 Å². The molecule has 0 spiro atoms. The minimum atomic E-state index is -0.620. The lowest BCUT2D eigenvalue weighted by atomic mass is 9.95. The summed E-state index contributed by atoms with van der Waals surface area (Å²) in [5, 5.41) is 0. The van der Waals surface area contributed by atoms with E-state index in [2.05, 4.69) is 5.43 Å². The molecule has 0 aliphatic rings. The Morgan fingerprint density at radius 1 is 1.10 bits per heavy atom. The predicted molar refractivity (Wildman–Crippen MR) is 71.3 cm³/mol. The van der Waals surface area contributed by atoms with E-state index in [0.29, 0.717) is 11.1 Å². The third-order valence-electron chi connectivity index (χ3n) is 3.28. The van der Waals surface area contributed by atoms with E-state index >= 15 is 0 Å². The summed E-state index contributed by atoms with van der Waals surface area (Å²) < 4.78 is 40.4. The van der Waals surface area contributed by atoms with Gasteiger partial charge in [0.25, 0.3) is 0 Å². The van der Waals surface area contributed by atoms with Crippen molar-refractivity contribution in [2.45, 2.75) is 19.4 Å². The first-order chi connectivity index (χ1) is 9.52. The van der Waals surface area contributed by atoms with Gasteiger partial charge in [0, 0.05) is 5.56 Å². The summed E-state index contributed by atoms with van der Waals surface area (Å²) in [6, 6.07) is 7.42. The number of nitrogens with two attached hydrogens (primary N) is 1. The van der Waals surface area contributed by atoms with Gasteiger partial charge in [-0.15, -0.1) is 0 Å². The van der Waals surface area contributed by atoms with E-state index in [4.69, 9.17) is 5.84 Å².